The number of esters is 1. The fourth-order valence-corrected chi connectivity index (χ4v) is 4.93. The minimum Gasteiger partial charge on any atom is -0.465 e. The van der Waals surface area contributed by atoms with E-state index in [-0.39, 0.29) is 5.97 Å². The second-order valence-corrected chi connectivity index (χ2v) is 8.87. The maximum atomic E-state index is 12.7. The molecule has 0 saturated carbocycles. The molecule has 2 aromatic rings. The summed E-state index contributed by atoms with van der Waals surface area (Å²) in [5.41, 5.74) is 6.28. The van der Waals surface area contributed by atoms with E-state index in [4.69, 9.17) is 4.74 Å². The van der Waals surface area contributed by atoms with Crippen molar-refractivity contribution in [2.75, 3.05) is 26.1 Å². The molecule has 1 aromatic carbocycles. The molecule has 0 saturated heterocycles. The molecule has 2 aliphatic rings. The van der Waals surface area contributed by atoms with Gasteiger partial charge in [0.2, 0.25) is 0 Å². The van der Waals surface area contributed by atoms with Crippen molar-refractivity contribution in [2.45, 2.75) is 19.8 Å². The zero-order valence-corrected chi connectivity index (χ0v) is 18.3. The summed E-state index contributed by atoms with van der Waals surface area (Å²) in [7, 11) is 5.52. The minimum atomic E-state index is -0.276. The Labute approximate surface area is 175 Å². The molecule has 0 aliphatic heterocycles. The summed E-state index contributed by atoms with van der Waals surface area (Å²) in [6, 6.07) is 19.2. The lowest BCUT2D eigenvalue weighted by Crippen LogP contribution is -2.07. The summed E-state index contributed by atoms with van der Waals surface area (Å²) < 4.78 is 6.16. The van der Waals surface area contributed by atoms with Crippen LogP contribution in [-0.4, -0.2) is 27.2 Å². The minimum absolute atomic E-state index is 0.276. The first kappa shape index (κ1) is 19.5. The van der Waals surface area contributed by atoms with Crippen molar-refractivity contribution in [1.29, 1.82) is 0 Å². The van der Waals surface area contributed by atoms with Crippen LogP contribution in [0.2, 0.25) is 0 Å². The van der Waals surface area contributed by atoms with Crippen molar-refractivity contribution in [1.82, 2.24) is 0 Å². The molecule has 0 bridgehead atoms. The van der Waals surface area contributed by atoms with Gasteiger partial charge in [-0.15, -0.1) is 11.3 Å². The van der Waals surface area contributed by atoms with E-state index in [2.05, 4.69) is 73.3 Å². The average molecular weight is 404 g/mol. The molecule has 0 radical (unpaired) electrons. The van der Waals surface area contributed by atoms with Crippen LogP contribution in [-0.2, 0) is 4.74 Å². The predicted molar refractivity (Wildman–Crippen MR) is 124 cm³/mol. The number of rotatable bonds is 4. The first-order chi connectivity index (χ1) is 13.9. The summed E-state index contributed by atoms with van der Waals surface area (Å²) in [4.78, 5) is 16.0. The lowest BCUT2D eigenvalue weighted by atomic mass is 10.0. The first-order valence-electron chi connectivity index (χ1n) is 9.76. The van der Waals surface area contributed by atoms with Crippen molar-refractivity contribution >= 4 is 33.1 Å². The molecule has 1 aromatic heterocycles. The fourth-order valence-electron chi connectivity index (χ4n) is 3.71. The zero-order chi connectivity index (χ0) is 20.7. The number of anilines is 1. The lowest BCUT2D eigenvalue weighted by Gasteiger charge is -2.12. The van der Waals surface area contributed by atoms with Gasteiger partial charge in [-0.05, 0) is 52.4 Å². The van der Waals surface area contributed by atoms with Crippen LogP contribution in [0.3, 0.4) is 0 Å². The van der Waals surface area contributed by atoms with Crippen LogP contribution in [0.4, 0.5) is 5.69 Å². The van der Waals surface area contributed by atoms with Gasteiger partial charge in [-0.3, -0.25) is 0 Å². The van der Waals surface area contributed by atoms with Crippen molar-refractivity contribution in [3.63, 3.8) is 0 Å². The zero-order valence-electron chi connectivity index (χ0n) is 17.4. The summed E-state index contributed by atoms with van der Waals surface area (Å²) in [6.07, 6.45) is 0. The molecule has 4 heteroatoms. The highest BCUT2D eigenvalue weighted by molar-refractivity contribution is 7.22. The Kier molecular flexibility index (Phi) is 5.05. The largest absolute Gasteiger partial charge is 0.465 e. The first-order valence-corrected chi connectivity index (χ1v) is 10.6. The van der Waals surface area contributed by atoms with E-state index in [9.17, 15) is 4.79 Å². The normalized spacial score (nSPS) is 11.4. The lowest BCUT2D eigenvalue weighted by molar-refractivity contribution is 0.0604. The smallest absolute Gasteiger partial charge is 0.339 e. The van der Waals surface area contributed by atoms with Gasteiger partial charge in [0.15, 0.2) is 0 Å². The number of carbonyl (C=O) groups excluding carboxylic acids is 1. The number of methoxy groups -OCH3 is 1. The number of thiophene rings is 1. The summed E-state index contributed by atoms with van der Waals surface area (Å²) in [5, 5.41) is 1.11. The highest BCUT2D eigenvalue weighted by atomic mass is 32.1. The van der Waals surface area contributed by atoms with E-state index in [1.807, 2.05) is 14.1 Å². The number of benzene rings is 1. The molecule has 0 fully saturated rings. The van der Waals surface area contributed by atoms with Crippen molar-refractivity contribution in [3.05, 3.63) is 65.7 Å². The van der Waals surface area contributed by atoms with Crippen molar-refractivity contribution < 1.29 is 9.53 Å². The Hall–Kier alpha value is -2.85. The third-order valence-corrected chi connectivity index (χ3v) is 6.60. The van der Waals surface area contributed by atoms with E-state index in [1.165, 1.54) is 18.4 Å². The maximum Gasteiger partial charge on any atom is 0.339 e. The van der Waals surface area contributed by atoms with Gasteiger partial charge < -0.3 is 9.64 Å². The van der Waals surface area contributed by atoms with Gasteiger partial charge in [0.05, 0.1) is 17.4 Å². The monoisotopic (exact) mass is 403 g/mol. The Balaban J connectivity index is 1.95. The van der Waals surface area contributed by atoms with Gasteiger partial charge in [-0.2, -0.15) is 0 Å². The van der Waals surface area contributed by atoms with Gasteiger partial charge in [0, 0.05) is 30.0 Å². The predicted octanol–water partition coefficient (Wildman–Crippen LogP) is 6.65. The number of hydrogen-bond donors (Lipinski definition) is 0. The molecule has 0 N–H and O–H groups in total. The van der Waals surface area contributed by atoms with Crippen LogP contribution < -0.4 is 4.90 Å². The molecule has 3 nitrogen and oxygen atoms in total. The number of ether oxygens (including phenoxy) is 1. The number of carbonyl (C=O) groups is 1. The number of fused-ring (bicyclic) bond motifs is 3. The Morgan fingerprint density at radius 2 is 1.72 bits per heavy atom. The highest BCUT2D eigenvalue weighted by Crippen LogP contribution is 2.46. The van der Waals surface area contributed by atoms with Gasteiger partial charge in [-0.1, -0.05) is 44.2 Å². The third-order valence-electron chi connectivity index (χ3n) is 5.40. The summed E-state index contributed by atoms with van der Waals surface area (Å²) >= 11 is 1.66. The van der Waals surface area contributed by atoms with Gasteiger partial charge >= 0.3 is 5.97 Å². The van der Waals surface area contributed by atoms with Crippen LogP contribution in [0.25, 0.3) is 31.7 Å². The third kappa shape index (κ3) is 3.38. The number of hydrogen-bond acceptors (Lipinski definition) is 4. The molecule has 0 amide bonds. The molecule has 2 aliphatic carbocycles. The van der Waals surface area contributed by atoms with Crippen LogP contribution in [0.5, 0.6) is 0 Å². The second kappa shape index (κ2) is 7.53. The molecular weight excluding hydrogens is 378 g/mol. The summed E-state index contributed by atoms with van der Waals surface area (Å²) in [5.74, 6) is 0.108. The Morgan fingerprint density at radius 1 is 1.00 bits per heavy atom. The SMILES string of the molecule is COC(=O)c1c2cc(C(C)C)cccc-2c2cc(-c3ccc(N(C)C)cc3)sc12. The van der Waals surface area contributed by atoms with Crippen molar-refractivity contribution in [2.24, 2.45) is 0 Å². The van der Waals surface area contributed by atoms with Crippen LogP contribution in [0.15, 0.2) is 54.6 Å². The molecule has 0 atom stereocenters. The fraction of sp³-hybridized carbons (Fsp3) is 0.240. The Morgan fingerprint density at radius 3 is 2.34 bits per heavy atom. The van der Waals surface area contributed by atoms with E-state index in [0.29, 0.717) is 11.5 Å². The molecule has 0 unspecified atom stereocenters. The van der Waals surface area contributed by atoms with Gasteiger partial charge in [-0.25, -0.2) is 4.79 Å². The molecule has 0 spiro atoms. The van der Waals surface area contributed by atoms with Crippen LogP contribution >= 0.6 is 11.3 Å². The second-order valence-electron chi connectivity index (χ2n) is 7.81. The van der Waals surface area contributed by atoms with Gasteiger partial charge in [0.1, 0.15) is 0 Å². The van der Waals surface area contributed by atoms with E-state index >= 15 is 0 Å². The van der Waals surface area contributed by atoms with Crippen molar-refractivity contribution in [3.8, 4) is 21.6 Å². The van der Waals surface area contributed by atoms with E-state index in [1.54, 1.807) is 11.3 Å². The van der Waals surface area contributed by atoms with Crippen LogP contribution in [0.1, 0.15) is 35.7 Å². The number of nitrogens with zero attached hydrogens (tertiary/aromatic N) is 1. The molecule has 1 heterocycles. The molecule has 4 rings (SSSR count). The molecule has 148 valence electrons. The van der Waals surface area contributed by atoms with Crippen LogP contribution in [0, 0.1) is 0 Å². The van der Waals surface area contributed by atoms with E-state index in [0.717, 1.165) is 31.7 Å². The molecular formula is C25H25NO2S. The summed E-state index contributed by atoms with van der Waals surface area (Å²) in [6.45, 7) is 4.33. The quantitative estimate of drug-likeness (QED) is 0.357. The highest BCUT2D eigenvalue weighted by Gasteiger charge is 2.25. The maximum absolute atomic E-state index is 12.7. The average Bonchev–Trinajstić information content (AvgIpc) is 3.16. The Bertz CT molecular complexity index is 1160. The van der Waals surface area contributed by atoms with Gasteiger partial charge in [0.25, 0.3) is 0 Å². The van der Waals surface area contributed by atoms with E-state index < -0.39 is 0 Å². The molecule has 29 heavy (non-hydrogen) atoms. The topological polar surface area (TPSA) is 29.5 Å². The standard InChI is InChI=1S/C25H25NO2S/c1-15(2)17-7-6-8-19-20(13-17)23(25(27)28-5)24-21(19)14-22(29-24)16-9-11-18(12-10-16)26(3)4/h6-15H,1-5H3.